The van der Waals surface area contributed by atoms with Gasteiger partial charge in [0.05, 0.1) is 7.11 Å². The second-order valence-corrected chi connectivity index (χ2v) is 6.57. The highest BCUT2D eigenvalue weighted by molar-refractivity contribution is 5.84. The molecule has 3 unspecified atom stereocenters. The number of ether oxygens (including phenoxy) is 1. The molecular weight excluding hydrogens is 258 g/mol. The molecule has 3 atom stereocenters. The number of rotatable bonds is 2. The third kappa shape index (κ3) is 2.42. The molecule has 2 saturated heterocycles. The van der Waals surface area contributed by atoms with E-state index in [0.717, 1.165) is 11.7 Å². The van der Waals surface area contributed by atoms with E-state index in [4.69, 9.17) is 4.74 Å². The van der Waals surface area contributed by atoms with Crippen molar-refractivity contribution in [1.29, 1.82) is 0 Å². The van der Waals surface area contributed by atoms with Crippen LogP contribution in [0.2, 0.25) is 0 Å². The highest BCUT2D eigenvalue weighted by atomic mass is 16.5. The summed E-state index contributed by atoms with van der Waals surface area (Å²) in [7, 11) is 1.73. The van der Waals surface area contributed by atoms with Crippen LogP contribution in [0.4, 0.5) is 0 Å². The fraction of sp³-hybridized carbons (Fsp3) is 0.474. The van der Waals surface area contributed by atoms with Gasteiger partial charge in [-0.15, -0.1) is 0 Å². The van der Waals surface area contributed by atoms with E-state index >= 15 is 0 Å². The Hall–Kier alpha value is -1.54. The lowest BCUT2D eigenvalue weighted by molar-refractivity contribution is 0.0672. The van der Waals surface area contributed by atoms with Gasteiger partial charge in [0.25, 0.3) is 0 Å². The smallest absolute Gasteiger partial charge is 0.119 e. The Bertz CT molecular complexity index is 651. The van der Waals surface area contributed by atoms with Gasteiger partial charge in [-0.05, 0) is 72.7 Å². The molecule has 2 aliphatic heterocycles. The molecule has 0 aromatic heterocycles. The molecule has 2 bridgehead atoms. The van der Waals surface area contributed by atoms with Gasteiger partial charge in [-0.25, -0.2) is 0 Å². The number of fused-ring (bicyclic) bond motifs is 3. The van der Waals surface area contributed by atoms with Crippen LogP contribution in [0.5, 0.6) is 5.75 Å². The van der Waals surface area contributed by atoms with Gasteiger partial charge in [-0.2, -0.15) is 0 Å². The molecular formula is C19H23NO. The average Bonchev–Trinajstić information content (AvgIpc) is 2.54. The largest absolute Gasteiger partial charge is 0.497 e. The Morgan fingerprint density at radius 2 is 1.86 bits per heavy atom. The summed E-state index contributed by atoms with van der Waals surface area (Å²) in [5, 5.41) is 2.60. The maximum atomic E-state index is 5.31. The van der Waals surface area contributed by atoms with Gasteiger partial charge >= 0.3 is 0 Å². The van der Waals surface area contributed by atoms with Gasteiger partial charge < -0.3 is 4.74 Å². The highest BCUT2D eigenvalue weighted by Crippen LogP contribution is 2.38. The van der Waals surface area contributed by atoms with Crippen LogP contribution in [0, 0.1) is 5.92 Å². The summed E-state index contributed by atoms with van der Waals surface area (Å²) < 4.78 is 5.31. The molecule has 0 N–H and O–H groups in total. The van der Waals surface area contributed by atoms with Crippen molar-refractivity contribution >= 4 is 10.8 Å². The molecule has 110 valence electrons. The minimum atomic E-state index is 0.632. The van der Waals surface area contributed by atoms with E-state index in [0.29, 0.717) is 6.04 Å². The maximum Gasteiger partial charge on any atom is 0.119 e. The van der Waals surface area contributed by atoms with Gasteiger partial charge in [-0.1, -0.05) is 18.2 Å². The van der Waals surface area contributed by atoms with E-state index in [-0.39, 0.29) is 0 Å². The molecule has 2 aliphatic rings. The minimum Gasteiger partial charge on any atom is -0.497 e. The van der Waals surface area contributed by atoms with Crippen molar-refractivity contribution in [1.82, 2.24) is 4.90 Å². The lowest BCUT2D eigenvalue weighted by atomic mass is 9.83. The van der Waals surface area contributed by atoms with Gasteiger partial charge in [0.2, 0.25) is 0 Å². The minimum absolute atomic E-state index is 0.632. The second kappa shape index (κ2) is 5.34. The van der Waals surface area contributed by atoms with Crippen molar-refractivity contribution in [2.75, 3.05) is 20.2 Å². The number of methoxy groups -OCH3 is 1. The maximum absolute atomic E-state index is 5.31. The van der Waals surface area contributed by atoms with E-state index < -0.39 is 0 Å². The van der Waals surface area contributed by atoms with Crippen LogP contribution in [0.1, 0.15) is 37.3 Å². The van der Waals surface area contributed by atoms with Crippen molar-refractivity contribution in [2.45, 2.75) is 31.7 Å². The van der Waals surface area contributed by atoms with E-state index in [9.17, 15) is 0 Å². The van der Waals surface area contributed by atoms with Crippen molar-refractivity contribution in [2.24, 2.45) is 5.92 Å². The van der Waals surface area contributed by atoms with Crippen LogP contribution in [-0.2, 0) is 0 Å². The molecule has 2 aromatic rings. The third-order valence-electron chi connectivity index (χ3n) is 5.30. The quantitative estimate of drug-likeness (QED) is 0.809. The molecule has 2 fully saturated rings. The topological polar surface area (TPSA) is 12.5 Å². The summed E-state index contributed by atoms with van der Waals surface area (Å²) in [5.74, 6) is 1.89. The monoisotopic (exact) mass is 281 g/mol. The predicted octanol–water partition coefficient (Wildman–Crippen LogP) is 4.40. The van der Waals surface area contributed by atoms with E-state index in [1.54, 1.807) is 7.11 Å². The van der Waals surface area contributed by atoms with Gasteiger partial charge in [0, 0.05) is 12.6 Å². The zero-order valence-electron chi connectivity index (χ0n) is 12.7. The summed E-state index contributed by atoms with van der Waals surface area (Å²) in [4.78, 5) is 2.71. The van der Waals surface area contributed by atoms with Crippen LogP contribution < -0.4 is 4.74 Å². The van der Waals surface area contributed by atoms with E-state index in [2.05, 4.69) is 41.3 Å². The molecule has 4 rings (SSSR count). The van der Waals surface area contributed by atoms with Crippen molar-refractivity contribution < 1.29 is 4.74 Å². The fourth-order valence-electron chi connectivity index (χ4n) is 4.15. The molecule has 0 spiro atoms. The van der Waals surface area contributed by atoms with Gasteiger partial charge in [-0.3, -0.25) is 4.90 Å². The predicted molar refractivity (Wildman–Crippen MR) is 86.8 cm³/mol. The Labute approximate surface area is 126 Å². The molecule has 2 heterocycles. The molecule has 21 heavy (non-hydrogen) atoms. The number of benzene rings is 2. The second-order valence-electron chi connectivity index (χ2n) is 6.57. The summed E-state index contributed by atoms with van der Waals surface area (Å²) in [5.41, 5.74) is 1.49. The normalized spacial score (nSPS) is 28.5. The molecule has 0 radical (unpaired) electrons. The lowest BCUT2D eigenvalue weighted by Gasteiger charge is -2.43. The van der Waals surface area contributed by atoms with Crippen molar-refractivity contribution in [3.8, 4) is 5.75 Å². The zero-order valence-corrected chi connectivity index (χ0v) is 12.7. The van der Waals surface area contributed by atoms with Crippen LogP contribution in [0.25, 0.3) is 10.8 Å². The Morgan fingerprint density at radius 1 is 1.00 bits per heavy atom. The molecule has 0 amide bonds. The van der Waals surface area contributed by atoms with Gasteiger partial charge in [0.1, 0.15) is 5.75 Å². The van der Waals surface area contributed by atoms with E-state index in [1.165, 1.54) is 55.1 Å². The van der Waals surface area contributed by atoms with Crippen LogP contribution >= 0.6 is 0 Å². The average molecular weight is 281 g/mol. The van der Waals surface area contributed by atoms with Crippen LogP contribution in [0.15, 0.2) is 36.4 Å². The van der Waals surface area contributed by atoms with Gasteiger partial charge in [0.15, 0.2) is 0 Å². The Morgan fingerprint density at radius 3 is 2.76 bits per heavy atom. The fourth-order valence-corrected chi connectivity index (χ4v) is 4.15. The summed E-state index contributed by atoms with van der Waals surface area (Å²) in [6.07, 6.45) is 5.56. The molecule has 2 aromatic carbocycles. The Balaban J connectivity index is 1.67. The first-order valence-electron chi connectivity index (χ1n) is 8.15. The first kappa shape index (κ1) is 13.1. The van der Waals surface area contributed by atoms with Crippen LogP contribution in [-0.4, -0.2) is 25.1 Å². The SMILES string of the molecule is COc1ccc2cc(C3CCC4CCCN3C4)ccc2c1. The number of hydrogen-bond acceptors (Lipinski definition) is 2. The molecule has 2 nitrogen and oxygen atoms in total. The first-order valence-corrected chi connectivity index (χ1v) is 8.15. The summed E-state index contributed by atoms with van der Waals surface area (Å²) in [6.45, 7) is 2.59. The zero-order chi connectivity index (χ0) is 14.2. The number of nitrogens with zero attached hydrogens (tertiary/aromatic N) is 1. The number of piperidine rings is 2. The third-order valence-corrected chi connectivity index (χ3v) is 5.30. The van der Waals surface area contributed by atoms with E-state index in [1.807, 2.05) is 0 Å². The summed E-state index contributed by atoms with van der Waals surface area (Å²) in [6, 6.07) is 14.0. The molecule has 0 aliphatic carbocycles. The first-order chi connectivity index (χ1) is 10.3. The Kier molecular flexibility index (Phi) is 3.34. The lowest BCUT2D eigenvalue weighted by Crippen LogP contribution is -2.42. The number of hydrogen-bond donors (Lipinski definition) is 0. The molecule has 0 saturated carbocycles. The van der Waals surface area contributed by atoms with Crippen LogP contribution in [0.3, 0.4) is 0 Å². The molecule has 2 heteroatoms. The highest BCUT2D eigenvalue weighted by Gasteiger charge is 2.31. The standard InChI is InChI=1S/C19H23NO/c1-21-18-8-7-15-11-17(6-5-16(15)12-18)19-9-4-14-3-2-10-20(19)13-14/h5-8,11-12,14,19H,2-4,9-10,13H2,1H3. The van der Waals surface area contributed by atoms with Crippen molar-refractivity contribution in [3.05, 3.63) is 42.0 Å². The summed E-state index contributed by atoms with van der Waals surface area (Å²) >= 11 is 0. The van der Waals surface area contributed by atoms with Crippen molar-refractivity contribution in [3.63, 3.8) is 0 Å².